The van der Waals surface area contributed by atoms with E-state index in [1.165, 1.54) is 10.4 Å². The summed E-state index contributed by atoms with van der Waals surface area (Å²) in [5.41, 5.74) is 2.68. The molecular formula is C60H70O9SSi. The quantitative estimate of drug-likeness (QED) is 0.0457. The Morgan fingerprint density at radius 1 is 0.648 bits per heavy atom. The van der Waals surface area contributed by atoms with Gasteiger partial charge in [-0.05, 0) is 58.1 Å². The molecule has 0 amide bonds. The van der Waals surface area contributed by atoms with Crippen LogP contribution in [0.25, 0.3) is 0 Å². The summed E-state index contributed by atoms with van der Waals surface area (Å²) in [6.45, 7) is 17.0. The van der Waals surface area contributed by atoms with Crippen LogP contribution in [0.15, 0.2) is 199 Å². The second-order valence-electron chi connectivity index (χ2n) is 19.7. The molecule has 0 spiro atoms. The van der Waals surface area contributed by atoms with Crippen LogP contribution in [0.5, 0.6) is 0 Å². The topological polar surface area (TPSA) is 83.1 Å². The van der Waals surface area contributed by atoms with Gasteiger partial charge in [0.15, 0.2) is 12.1 Å². The monoisotopic (exact) mass is 994 g/mol. The summed E-state index contributed by atoms with van der Waals surface area (Å²) in [5, 5.41) is 2.05. The minimum absolute atomic E-state index is 0.190. The molecule has 0 saturated carbocycles. The normalized spacial score (nSPS) is 22.7. The molecule has 0 aromatic heterocycles. The summed E-state index contributed by atoms with van der Waals surface area (Å²) in [6, 6.07) is 62.0. The summed E-state index contributed by atoms with van der Waals surface area (Å²) in [4.78, 5) is 1.06. The van der Waals surface area contributed by atoms with Gasteiger partial charge in [-0.3, -0.25) is 0 Å². The lowest BCUT2D eigenvalue weighted by molar-refractivity contribution is -0.306. The van der Waals surface area contributed by atoms with Gasteiger partial charge in [-0.2, -0.15) is 0 Å². The van der Waals surface area contributed by atoms with Crippen LogP contribution in [0.3, 0.4) is 0 Å². The van der Waals surface area contributed by atoms with Gasteiger partial charge in [0.05, 0.1) is 51.0 Å². The van der Waals surface area contributed by atoms with Crippen molar-refractivity contribution in [3.05, 3.63) is 211 Å². The third-order valence-corrected chi connectivity index (χ3v) is 19.3. The van der Waals surface area contributed by atoms with Gasteiger partial charge in [-0.25, -0.2) is 0 Å². The maximum absolute atomic E-state index is 7.67. The minimum atomic E-state index is -3.05. The van der Waals surface area contributed by atoms with E-state index in [-0.39, 0.29) is 24.2 Å². The van der Waals surface area contributed by atoms with Gasteiger partial charge >= 0.3 is 0 Å². The number of methoxy groups -OCH3 is 1. The van der Waals surface area contributed by atoms with Crippen LogP contribution in [-0.2, 0) is 62.1 Å². The second-order valence-corrected chi connectivity index (χ2v) is 25.2. The first-order chi connectivity index (χ1) is 34.4. The fraction of sp³-hybridized carbons (Fsp3) is 0.367. The fourth-order valence-electron chi connectivity index (χ4n) is 9.78. The van der Waals surface area contributed by atoms with Gasteiger partial charge in [0, 0.05) is 24.3 Å². The Morgan fingerprint density at radius 2 is 1.13 bits per heavy atom. The van der Waals surface area contributed by atoms with Crippen LogP contribution in [0.1, 0.15) is 57.7 Å². The van der Waals surface area contributed by atoms with E-state index in [0.717, 1.165) is 21.6 Å². The number of hydrogen-bond acceptors (Lipinski definition) is 10. The maximum atomic E-state index is 7.67. The molecule has 374 valence electrons. The highest BCUT2D eigenvalue weighted by atomic mass is 32.2. The number of benzene rings is 6. The highest BCUT2D eigenvalue weighted by molar-refractivity contribution is 7.99. The van der Waals surface area contributed by atoms with Crippen molar-refractivity contribution < 1.29 is 42.3 Å². The molecule has 2 fully saturated rings. The van der Waals surface area contributed by atoms with Crippen LogP contribution in [0, 0.1) is 5.92 Å². The van der Waals surface area contributed by atoms with Crippen molar-refractivity contribution in [3.63, 3.8) is 0 Å². The maximum Gasteiger partial charge on any atom is 0.261 e. The van der Waals surface area contributed by atoms with Crippen molar-refractivity contribution in [2.24, 2.45) is 5.92 Å². The zero-order chi connectivity index (χ0) is 49.7. The Hall–Kier alpha value is -4.89. The Labute approximate surface area is 426 Å². The molecule has 71 heavy (non-hydrogen) atoms. The van der Waals surface area contributed by atoms with Crippen LogP contribution in [-0.4, -0.2) is 76.7 Å². The van der Waals surface area contributed by atoms with Crippen molar-refractivity contribution >= 4 is 30.5 Å². The molecule has 11 heteroatoms. The molecule has 2 aliphatic rings. The van der Waals surface area contributed by atoms with Crippen molar-refractivity contribution in [1.29, 1.82) is 0 Å². The van der Waals surface area contributed by atoms with Gasteiger partial charge in [0.1, 0.15) is 23.7 Å². The molecule has 0 unspecified atom stereocenters. The van der Waals surface area contributed by atoms with Gasteiger partial charge in [0.2, 0.25) is 0 Å². The lowest BCUT2D eigenvalue weighted by atomic mass is 9.85. The Kier molecular flexibility index (Phi) is 18.2. The van der Waals surface area contributed by atoms with Crippen LogP contribution in [0.4, 0.5) is 0 Å². The average molecular weight is 995 g/mol. The Bertz CT molecular complexity index is 2460. The zero-order valence-corrected chi connectivity index (χ0v) is 43.8. The van der Waals surface area contributed by atoms with Crippen LogP contribution >= 0.6 is 11.8 Å². The Balaban J connectivity index is 1.15. The predicted octanol–water partition coefficient (Wildman–Crippen LogP) is 11.5. The number of allylic oxidation sites excluding steroid dienone is 1. The molecule has 9 nitrogen and oxygen atoms in total. The molecule has 2 heterocycles. The smallest absolute Gasteiger partial charge is 0.261 e. The lowest BCUT2D eigenvalue weighted by Gasteiger charge is -2.46. The van der Waals surface area contributed by atoms with Crippen molar-refractivity contribution in [2.45, 2.75) is 119 Å². The molecule has 0 N–H and O–H groups in total. The third kappa shape index (κ3) is 13.6. The van der Waals surface area contributed by atoms with Crippen molar-refractivity contribution in [2.75, 3.05) is 20.3 Å². The van der Waals surface area contributed by atoms with Crippen LogP contribution < -0.4 is 10.4 Å². The van der Waals surface area contributed by atoms with Gasteiger partial charge in [0.25, 0.3) is 8.32 Å². The summed E-state index contributed by atoms with van der Waals surface area (Å²) in [6.07, 6.45) is -3.32. The number of hydrogen-bond donors (Lipinski definition) is 0. The zero-order valence-electron chi connectivity index (χ0n) is 42.0. The second kappa shape index (κ2) is 24.7. The minimum Gasteiger partial charge on any atom is -0.490 e. The first kappa shape index (κ1) is 52.4. The molecule has 6 aromatic rings. The molecule has 8 rings (SSSR count). The van der Waals surface area contributed by atoms with E-state index in [9.17, 15) is 0 Å². The lowest BCUT2D eigenvalue weighted by Crippen LogP contribution is -2.67. The van der Waals surface area contributed by atoms with Crippen LogP contribution in [0.2, 0.25) is 5.04 Å². The third-order valence-electron chi connectivity index (χ3n) is 13.1. The largest absolute Gasteiger partial charge is 0.490 e. The number of rotatable bonds is 23. The van der Waals surface area contributed by atoms with Gasteiger partial charge < -0.3 is 42.3 Å². The summed E-state index contributed by atoms with van der Waals surface area (Å²) in [5.74, 6) is -0.755. The first-order valence-electron chi connectivity index (χ1n) is 24.7. The standard InChI is InChI=1S/C60H70O9SSi/c1-44(38-51-52(42-62-39-45-26-14-8-15-27-45)67-57(61-7)56(64-41-47-30-18-10-19-31-47)54(51)63-40-46-28-16-9-17-29-46)66-53(55-58(69-60(5,6)68-55)70-48-32-20-11-21-33-48)43-65-71(59(2,3)4,49-34-22-12-23-35-49)50-36-24-13-25-37-50/h8-37,51-58H,1,38-43H2,2-7H3/t51-,52-,53-,54+,55+,56-,57+,58+/m1/s1. The SMILES string of the molecule is C=C(C[C@H]1[C@H](OCc2ccccc2)[C@@H](OCc2ccccc2)[C@@H](OC)O[C@@H]1COCc1ccccc1)O[C@H](CO[Si](c1ccccc1)(c1ccccc1)C(C)(C)C)[C@@H]1OC(C)(C)O[C@H]1Sc1ccccc1. The van der Waals surface area contributed by atoms with Crippen molar-refractivity contribution in [1.82, 2.24) is 0 Å². The van der Waals surface area contributed by atoms with E-state index in [1.807, 2.05) is 98.8 Å². The highest BCUT2D eigenvalue weighted by Crippen LogP contribution is 2.43. The van der Waals surface area contributed by atoms with E-state index < -0.39 is 56.4 Å². The van der Waals surface area contributed by atoms with E-state index in [2.05, 4.69) is 118 Å². The Morgan fingerprint density at radius 3 is 1.63 bits per heavy atom. The highest BCUT2D eigenvalue weighted by Gasteiger charge is 2.54. The summed E-state index contributed by atoms with van der Waals surface area (Å²) >= 11 is 1.62. The van der Waals surface area contributed by atoms with Gasteiger partial charge in [-0.1, -0.05) is 209 Å². The predicted molar refractivity (Wildman–Crippen MR) is 284 cm³/mol. The molecule has 2 saturated heterocycles. The summed E-state index contributed by atoms with van der Waals surface area (Å²) < 4.78 is 62.0. The number of ether oxygens (including phenoxy) is 8. The molecule has 8 atom stereocenters. The fourth-order valence-corrected chi connectivity index (χ4v) is 15.6. The van der Waals surface area contributed by atoms with E-state index in [4.69, 9.17) is 48.9 Å². The molecule has 6 aromatic carbocycles. The van der Waals surface area contributed by atoms with E-state index in [0.29, 0.717) is 32.0 Å². The van der Waals surface area contributed by atoms with E-state index >= 15 is 0 Å². The molecule has 0 aliphatic carbocycles. The molecular weight excluding hydrogens is 925 g/mol. The van der Waals surface area contributed by atoms with Crippen molar-refractivity contribution in [3.8, 4) is 0 Å². The molecule has 2 aliphatic heterocycles. The molecule has 0 bridgehead atoms. The molecule has 0 radical (unpaired) electrons. The number of thioether (sulfide) groups is 1. The van der Waals surface area contributed by atoms with E-state index in [1.54, 1.807) is 18.9 Å². The average Bonchev–Trinajstić information content (AvgIpc) is 3.69. The summed E-state index contributed by atoms with van der Waals surface area (Å²) in [7, 11) is -1.41. The first-order valence-corrected chi connectivity index (χ1v) is 27.5. The van der Waals surface area contributed by atoms with Gasteiger partial charge in [-0.15, -0.1) is 0 Å².